The molecule has 0 aliphatic carbocycles. The number of Topliss-reactive ketones (excluding diaryl/α,β-unsaturated/α-hetero) is 1. The molecular weight excluding hydrogens is 412 g/mol. The summed E-state index contributed by atoms with van der Waals surface area (Å²) in [6.07, 6.45) is 0.328. The molecule has 0 spiro atoms. The number of phenols is 1. The van der Waals surface area contributed by atoms with E-state index in [-0.39, 0.29) is 40.3 Å². The molecule has 1 aromatic heterocycles. The highest BCUT2D eigenvalue weighted by atomic mass is 35.5. The molecule has 0 aliphatic rings. The maximum absolute atomic E-state index is 11.8. The summed E-state index contributed by atoms with van der Waals surface area (Å²) in [6, 6.07) is 9.88. The summed E-state index contributed by atoms with van der Waals surface area (Å²) in [6.45, 7) is 3.32. The topological polar surface area (TPSA) is 112 Å². The lowest BCUT2D eigenvalue weighted by atomic mass is 10.1. The third-order valence-corrected chi connectivity index (χ3v) is 4.49. The number of hydrogen-bond donors (Lipinski definition) is 1. The Bertz CT molecular complexity index is 1080. The second-order valence-electron chi connectivity index (χ2n) is 6.32. The number of ether oxygens (including phenoxy) is 2. The van der Waals surface area contributed by atoms with E-state index >= 15 is 0 Å². The summed E-state index contributed by atoms with van der Waals surface area (Å²) in [5, 5.41) is 13.8. The molecule has 30 heavy (non-hydrogen) atoms. The summed E-state index contributed by atoms with van der Waals surface area (Å²) < 4.78 is 15.8. The van der Waals surface area contributed by atoms with Gasteiger partial charge < -0.3 is 19.1 Å². The molecule has 9 heteroatoms. The molecule has 8 nitrogen and oxygen atoms in total. The molecule has 1 N–H and O–H groups in total. The van der Waals surface area contributed by atoms with Crippen LogP contribution in [0, 0.1) is 0 Å². The number of hydrogen-bond acceptors (Lipinski definition) is 8. The highest BCUT2D eigenvalue weighted by Crippen LogP contribution is 2.36. The standard InChI is InChI=1S/C21H19ClN2O6/c1-3-28-21(27)14-6-4-5-13(9-14)10-18-23-17(24-30-18)11-29-16-8-7-15(12(2)25)20(26)19(16)22/h4-9,26H,3,10-11H2,1-2H3. The van der Waals surface area contributed by atoms with Crippen LogP contribution in [-0.2, 0) is 17.8 Å². The van der Waals surface area contributed by atoms with Crippen molar-refractivity contribution in [3.63, 3.8) is 0 Å². The number of nitrogens with zero attached hydrogens (tertiary/aromatic N) is 2. The number of aromatic nitrogens is 2. The summed E-state index contributed by atoms with van der Waals surface area (Å²) >= 11 is 6.05. The van der Waals surface area contributed by atoms with Gasteiger partial charge in [0.15, 0.2) is 12.4 Å². The average Bonchev–Trinajstić information content (AvgIpc) is 3.16. The highest BCUT2D eigenvalue weighted by Gasteiger charge is 2.16. The van der Waals surface area contributed by atoms with Gasteiger partial charge in [0.25, 0.3) is 0 Å². The fraction of sp³-hybridized carbons (Fsp3) is 0.238. The molecule has 156 valence electrons. The smallest absolute Gasteiger partial charge is 0.338 e. The van der Waals surface area contributed by atoms with Crippen molar-refractivity contribution in [1.82, 2.24) is 10.1 Å². The molecule has 0 atom stereocenters. The lowest BCUT2D eigenvalue weighted by Gasteiger charge is -2.09. The van der Waals surface area contributed by atoms with E-state index in [9.17, 15) is 14.7 Å². The number of carbonyl (C=O) groups is 2. The maximum atomic E-state index is 11.8. The predicted molar refractivity (Wildman–Crippen MR) is 107 cm³/mol. The number of halogens is 1. The van der Waals surface area contributed by atoms with E-state index in [2.05, 4.69) is 10.1 Å². The van der Waals surface area contributed by atoms with Crippen LogP contribution >= 0.6 is 11.6 Å². The molecule has 3 rings (SSSR count). The first-order valence-corrected chi connectivity index (χ1v) is 9.49. The lowest BCUT2D eigenvalue weighted by Crippen LogP contribution is -2.05. The second kappa shape index (κ2) is 9.41. The number of esters is 1. The Morgan fingerprint density at radius 1 is 1.23 bits per heavy atom. The van der Waals surface area contributed by atoms with Crippen LogP contribution in [0.1, 0.15) is 51.8 Å². The van der Waals surface area contributed by atoms with Gasteiger partial charge >= 0.3 is 5.97 Å². The van der Waals surface area contributed by atoms with Gasteiger partial charge in [-0.15, -0.1) is 0 Å². The first-order valence-electron chi connectivity index (χ1n) is 9.11. The van der Waals surface area contributed by atoms with E-state index in [1.54, 1.807) is 25.1 Å². The van der Waals surface area contributed by atoms with Crippen molar-refractivity contribution in [1.29, 1.82) is 0 Å². The summed E-state index contributed by atoms with van der Waals surface area (Å²) in [5.74, 6) is -0.233. The Morgan fingerprint density at radius 2 is 2.03 bits per heavy atom. The van der Waals surface area contributed by atoms with Crippen LogP contribution in [-0.4, -0.2) is 33.6 Å². The molecule has 0 radical (unpaired) electrons. The van der Waals surface area contributed by atoms with E-state index in [1.165, 1.54) is 19.1 Å². The third kappa shape index (κ3) is 4.96. The summed E-state index contributed by atoms with van der Waals surface area (Å²) in [4.78, 5) is 27.5. The number of ketones is 1. The minimum atomic E-state index is -0.394. The van der Waals surface area contributed by atoms with Crippen LogP contribution in [0.15, 0.2) is 40.9 Å². The quantitative estimate of drug-likeness (QED) is 0.422. The van der Waals surface area contributed by atoms with Crippen molar-refractivity contribution < 1.29 is 28.7 Å². The second-order valence-corrected chi connectivity index (χ2v) is 6.70. The van der Waals surface area contributed by atoms with Gasteiger partial charge in [0.05, 0.1) is 24.2 Å². The van der Waals surface area contributed by atoms with Crippen LogP contribution in [0.4, 0.5) is 0 Å². The molecule has 0 saturated heterocycles. The van der Waals surface area contributed by atoms with Gasteiger partial charge in [0, 0.05) is 0 Å². The normalized spacial score (nSPS) is 10.6. The number of rotatable bonds is 8. The number of phenolic OH excluding ortho intramolecular Hbond substituents is 1. The van der Waals surface area contributed by atoms with E-state index in [4.69, 9.17) is 25.6 Å². The van der Waals surface area contributed by atoms with Gasteiger partial charge in [-0.25, -0.2) is 4.79 Å². The number of aromatic hydroxyl groups is 1. The maximum Gasteiger partial charge on any atom is 0.338 e. The van der Waals surface area contributed by atoms with Gasteiger partial charge in [-0.3, -0.25) is 4.79 Å². The van der Waals surface area contributed by atoms with Crippen molar-refractivity contribution >= 4 is 23.4 Å². The Labute approximate surface area is 177 Å². The van der Waals surface area contributed by atoms with E-state index in [0.29, 0.717) is 24.5 Å². The van der Waals surface area contributed by atoms with Crippen molar-refractivity contribution in [3.05, 3.63) is 69.8 Å². The Hall–Kier alpha value is -3.39. The molecule has 0 amide bonds. The lowest BCUT2D eigenvalue weighted by molar-refractivity contribution is 0.0526. The van der Waals surface area contributed by atoms with Gasteiger partial charge in [-0.2, -0.15) is 4.98 Å². The zero-order valence-corrected chi connectivity index (χ0v) is 17.1. The molecule has 2 aromatic carbocycles. The van der Waals surface area contributed by atoms with Gasteiger partial charge in [0.1, 0.15) is 16.5 Å². The Balaban J connectivity index is 1.65. The minimum Gasteiger partial charge on any atom is -0.505 e. The van der Waals surface area contributed by atoms with Gasteiger partial charge in [0.2, 0.25) is 11.7 Å². The largest absolute Gasteiger partial charge is 0.505 e. The van der Waals surface area contributed by atoms with E-state index in [0.717, 1.165) is 5.56 Å². The van der Waals surface area contributed by atoms with E-state index < -0.39 is 5.97 Å². The number of carbonyl (C=O) groups excluding carboxylic acids is 2. The highest BCUT2D eigenvalue weighted by molar-refractivity contribution is 6.34. The van der Waals surface area contributed by atoms with Crippen molar-refractivity contribution in [2.75, 3.05) is 6.61 Å². The third-order valence-electron chi connectivity index (χ3n) is 4.12. The van der Waals surface area contributed by atoms with Crippen molar-refractivity contribution in [2.45, 2.75) is 26.9 Å². The predicted octanol–water partition coefficient (Wildman–Crippen LogP) is 3.98. The van der Waals surface area contributed by atoms with Crippen LogP contribution in [0.2, 0.25) is 5.02 Å². The molecule has 3 aromatic rings. The van der Waals surface area contributed by atoms with Crippen molar-refractivity contribution in [2.24, 2.45) is 0 Å². The van der Waals surface area contributed by atoms with Gasteiger partial charge in [-0.05, 0) is 43.7 Å². The van der Waals surface area contributed by atoms with Gasteiger partial charge in [-0.1, -0.05) is 28.9 Å². The van der Waals surface area contributed by atoms with Crippen LogP contribution in [0.5, 0.6) is 11.5 Å². The molecule has 0 fully saturated rings. The Morgan fingerprint density at radius 3 is 2.77 bits per heavy atom. The van der Waals surface area contributed by atoms with Crippen LogP contribution in [0.25, 0.3) is 0 Å². The molecule has 0 aliphatic heterocycles. The zero-order chi connectivity index (χ0) is 21.7. The Kier molecular flexibility index (Phi) is 6.68. The fourth-order valence-corrected chi connectivity index (χ4v) is 2.92. The first kappa shape index (κ1) is 21.3. The molecule has 0 unspecified atom stereocenters. The average molecular weight is 431 g/mol. The first-order chi connectivity index (χ1) is 14.4. The zero-order valence-electron chi connectivity index (χ0n) is 16.3. The van der Waals surface area contributed by atoms with Crippen LogP contribution in [0.3, 0.4) is 0 Å². The molecule has 0 saturated carbocycles. The number of benzene rings is 2. The van der Waals surface area contributed by atoms with Crippen molar-refractivity contribution in [3.8, 4) is 11.5 Å². The fourth-order valence-electron chi connectivity index (χ4n) is 2.70. The molecule has 0 bridgehead atoms. The molecular formula is C21H19ClN2O6. The molecule has 1 heterocycles. The summed E-state index contributed by atoms with van der Waals surface area (Å²) in [7, 11) is 0. The van der Waals surface area contributed by atoms with Crippen LogP contribution < -0.4 is 4.74 Å². The summed E-state index contributed by atoms with van der Waals surface area (Å²) in [5.41, 5.74) is 1.37. The van der Waals surface area contributed by atoms with E-state index in [1.807, 2.05) is 6.07 Å². The monoisotopic (exact) mass is 430 g/mol. The SMILES string of the molecule is CCOC(=O)c1cccc(Cc2nc(COc3ccc(C(C)=O)c(O)c3Cl)no2)c1. The minimum absolute atomic E-state index is 0.0507.